The number of ether oxygens (including phenoxy) is 1. The standard InChI is InChI=1S/C23H45NO2.ClH/c1-3-4-5-6-7-8-9-10-11-12-13-18-23(25)26-21-16-20-24-19-15-14-17-22(24)2;/h22H,3-21H2,1-2H3;1H. The molecule has 1 atom stereocenters. The zero-order valence-electron chi connectivity index (χ0n) is 18.2. The Labute approximate surface area is 175 Å². The molecule has 1 fully saturated rings. The largest absolute Gasteiger partial charge is 0.466 e. The SMILES string of the molecule is CCCCCCCCCCCCCC(=O)OCCCN1CCCCC1C.Cl. The van der Waals surface area contributed by atoms with E-state index in [2.05, 4.69) is 18.7 Å². The Morgan fingerprint density at radius 2 is 1.48 bits per heavy atom. The lowest BCUT2D eigenvalue weighted by Gasteiger charge is -2.33. The molecule has 0 N–H and O–H groups in total. The summed E-state index contributed by atoms with van der Waals surface area (Å²) in [5.74, 6) is 0.00705. The third-order valence-corrected chi connectivity index (χ3v) is 5.78. The average molecular weight is 404 g/mol. The van der Waals surface area contributed by atoms with Gasteiger partial charge in [-0.15, -0.1) is 12.4 Å². The summed E-state index contributed by atoms with van der Waals surface area (Å²) in [4.78, 5) is 14.3. The van der Waals surface area contributed by atoms with Gasteiger partial charge in [-0.05, 0) is 39.2 Å². The first-order chi connectivity index (χ1) is 12.7. The molecule has 0 radical (unpaired) electrons. The van der Waals surface area contributed by atoms with E-state index in [0.29, 0.717) is 19.1 Å². The Balaban J connectivity index is 0.00000676. The Bertz CT molecular complexity index is 338. The van der Waals surface area contributed by atoms with E-state index in [1.165, 1.54) is 90.0 Å². The van der Waals surface area contributed by atoms with Crippen molar-refractivity contribution in [3.05, 3.63) is 0 Å². The van der Waals surface area contributed by atoms with Crippen LogP contribution in [0, 0.1) is 0 Å². The van der Waals surface area contributed by atoms with Crippen LogP contribution >= 0.6 is 12.4 Å². The molecule has 27 heavy (non-hydrogen) atoms. The molecule has 0 aromatic rings. The Kier molecular flexibility index (Phi) is 18.9. The lowest BCUT2D eigenvalue weighted by Crippen LogP contribution is -2.38. The molecule has 0 amide bonds. The summed E-state index contributed by atoms with van der Waals surface area (Å²) in [6.45, 7) is 7.48. The number of carbonyl (C=O) groups excluding carboxylic acids is 1. The number of likely N-dealkylation sites (tertiary alicyclic amines) is 1. The van der Waals surface area contributed by atoms with Gasteiger partial charge in [0.2, 0.25) is 0 Å². The molecule has 162 valence electrons. The van der Waals surface area contributed by atoms with Crippen LogP contribution in [0.5, 0.6) is 0 Å². The van der Waals surface area contributed by atoms with Gasteiger partial charge in [0.1, 0.15) is 0 Å². The van der Waals surface area contributed by atoms with Crippen LogP contribution in [0.15, 0.2) is 0 Å². The highest BCUT2D eigenvalue weighted by molar-refractivity contribution is 5.85. The van der Waals surface area contributed by atoms with Crippen LogP contribution in [-0.2, 0) is 9.53 Å². The van der Waals surface area contributed by atoms with Crippen molar-refractivity contribution in [2.24, 2.45) is 0 Å². The summed E-state index contributed by atoms with van der Waals surface area (Å²) in [5.41, 5.74) is 0. The summed E-state index contributed by atoms with van der Waals surface area (Å²) >= 11 is 0. The lowest BCUT2D eigenvalue weighted by atomic mass is 10.0. The van der Waals surface area contributed by atoms with Gasteiger partial charge >= 0.3 is 5.97 Å². The van der Waals surface area contributed by atoms with Crippen molar-refractivity contribution in [2.45, 2.75) is 123 Å². The van der Waals surface area contributed by atoms with Crippen LogP contribution in [0.4, 0.5) is 0 Å². The van der Waals surface area contributed by atoms with Gasteiger partial charge in [-0.2, -0.15) is 0 Å². The van der Waals surface area contributed by atoms with Crippen LogP contribution in [-0.4, -0.2) is 36.6 Å². The van der Waals surface area contributed by atoms with Crippen molar-refractivity contribution in [3.8, 4) is 0 Å². The summed E-state index contributed by atoms with van der Waals surface area (Å²) in [7, 11) is 0. The van der Waals surface area contributed by atoms with E-state index < -0.39 is 0 Å². The number of unbranched alkanes of at least 4 members (excludes halogenated alkanes) is 10. The second-order valence-corrected chi connectivity index (χ2v) is 8.24. The zero-order chi connectivity index (χ0) is 18.9. The topological polar surface area (TPSA) is 29.5 Å². The van der Waals surface area contributed by atoms with Crippen LogP contribution in [0.2, 0.25) is 0 Å². The molecule has 0 saturated carbocycles. The fraction of sp³-hybridized carbons (Fsp3) is 0.957. The predicted octanol–water partition coefficient (Wildman–Crippen LogP) is 6.92. The van der Waals surface area contributed by atoms with Crippen LogP contribution in [0.25, 0.3) is 0 Å². The molecule has 1 rings (SSSR count). The highest BCUT2D eigenvalue weighted by atomic mass is 35.5. The van der Waals surface area contributed by atoms with E-state index in [-0.39, 0.29) is 18.4 Å². The van der Waals surface area contributed by atoms with Crippen LogP contribution in [0.1, 0.15) is 117 Å². The Morgan fingerprint density at radius 1 is 0.889 bits per heavy atom. The van der Waals surface area contributed by atoms with Crippen molar-refractivity contribution >= 4 is 18.4 Å². The molecule has 0 aromatic heterocycles. The van der Waals surface area contributed by atoms with Gasteiger partial charge in [-0.1, -0.05) is 77.6 Å². The summed E-state index contributed by atoms with van der Waals surface area (Å²) in [6, 6.07) is 0.704. The first-order valence-corrected chi connectivity index (χ1v) is 11.6. The van der Waals surface area contributed by atoms with Gasteiger partial charge < -0.3 is 9.64 Å². The van der Waals surface area contributed by atoms with E-state index in [1.807, 2.05) is 0 Å². The molecule has 4 heteroatoms. The van der Waals surface area contributed by atoms with Gasteiger partial charge in [0.25, 0.3) is 0 Å². The minimum absolute atomic E-state index is 0. The van der Waals surface area contributed by atoms with Crippen molar-refractivity contribution in [1.82, 2.24) is 4.90 Å². The zero-order valence-corrected chi connectivity index (χ0v) is 19.0. The minimum Gasteiger partial charge on any atom is -0.466 e. The molecule has 0 aliphatic carbocycles. The normalized spacial score (nSPS) is 17.5. The molecule has 0 spiro atoms. The third-order valence-electron chi connectivity index (χ3n) is 5.78. The molecule has 0 aromatic carbocycles. The van der Waals surface area contributed by atoms with Gasteiger partial charge in [0.05, 0.1) is 6.61 Å². The van der Waals surface area contributed by atoms with Crippen LogP contribution < -0.4 is 0 Å². The minimum atomic E-state index is 0. The van der Waals surface area contributed by atoms with E-state index in [0.717, 1.165) is 19.4 Å². The number of hydrogen-bond donors (Lipinski definition) is 0. The molecule has 1 aliphatic rings. The van der Waals surface area contributed by atoms with E-state index in [4.69, 9.17) is 4.74 Å². The maximum Gasteiger partial charge on any atom is 0.305 e. The van der Waals surface area contributed by atoms with Crippen molar-refractivity contribution in [2.75, 3.05) is 19.7 Å². The first-order valence-electron chi connectivity index (χ1n) is 11.6. The van der Waals surface area contributed by atoms with E-state index >= 15 is 0 Å². The quantitative estimate of drug-likeness (QED) is 0.207. The van der Waals surface area contributed by atoms with Gasteiger partial charge in [-0.3, -0.25) is 4.79 Å². The fourth-order valence-electron chi connectivity index (χ4n) is 3.95. The predicted molar refractivity (Wildman–Crippen MR) is 119 cm³/mol. The summed E-state index contributed by atoms with van der Waals surface area (Å²) in [6.07, 6.45) is 20.1. The van der Waals surface area contributed by atoms with Gasteiger partial charge in [0, 0.05) is 19.0 Å². The molecule has 0 bridgehead atoms. The number of esters is 1. The third kappa shape index (κ3) is 15.3. The molecule has 1 unspecified atom stereocenters. The first kappa shape index (κ1) is 26.7. The van der Waals surface area contributed by atoms with Crippen molar-refractivity contribution in [1.29, 1.82) is 0 Å². The van der Waals surface area contributed by atoms with E-state index in [1.54, 1.807) is 0 Å². The number of nitrogens with zero attached hydrogens (tertiary/aromatic N) is 1. The molecule has 3 nitrogen and oxygen atoms in total. The summed E-state index contributed by atoms with van der Waals surface area (Å²) in [5, 5.41) is 0. The number of piperidine rings is 1. The molecule has 1 saturated heterocycles. The number of halogens is 1. The molecular formula is C23H46ClNO2. The molecular weight excluding hydrogens is 358 g/mol. The van der Waals surface area contributed by atoms with Crippen molar-refractivity contribution in [3.63, 3.8) is 0 Å². The summed E-state index contributed by atoms with van der Waals surface area (Å²) < 4.78 is 5.39. The molecule has 1 aliphatic heterocycles. The number of carbonyl (C=O) groups is 1. The molecule has 1 heterocycles. The van der Waals surface area contributed by atoms with Gasteiger partial charge in [-0.25, -0.2) is 0 Å². The number of hydrogen-bond acceptors (Lipinski definition) is 3. The lowest BCUT2D eigenvalue weighted by molar-refractivity contribution is -0.144. The average Bonchev–Trinajstić information content (AvgIpc) is 2.64. The van der Waals surface area contributed by atoms with E-state index in [9.17, 15) is 4.79 Å². The number of rotatable bonds is 16. The highest BCUT2D eigenvalue weighted by Gasteiger charge is 2.17. The Morgan fingerprint density at radius 3 is 2.07 bits per heavy atom. The monoisotopic (exact) mass is 403 g/mol. The maximum atomic E-state index is 11.8. The van der Waals surface area contributed by atoms with Gasteiger partial charge in [0.15, 0.2) is 0 Å². The second-order valence-electron chi connectivity index (χ2n) is 8.24. The Hall–Kier alpha value is -0.280. The van der Waals surface area contributed by atoms with Crippen molar-refractivity contribution < 1.29 is 9.53 Å². The highest BCUT2D eigenvalue weighted by Crippen LogP contribution is 2.16. The maximum absolute atomic E-state index is 11.8. The second kappa shape index (κ2) is 19.1. The van der Waals surface area contributed by atoms with Crippen LogP contribution in [0.3, 0.4) is 0 Å². The fourth-order valence-corrected chi connectivity index (χ4v) is 3.95. The smallest absolute Gasteiger partial charge is 0.305 e.